The van der Waals surface area contributed by atoms with Crippen molar-refractivity contribution < 1.29 is 9.84 Å². The van der Waals surface area contributed by atoms with Gasteiger partial charge in [0.05, 0.1) is 24.4 Å². The minimum Gasteiger partial charge on any atom is -0.507 e. The van der Waals surface area contributed by atoms with E-state index in [1.165, 1.54) is 0 Å². The van der Waals surface area contributed by atoms with Crippen LogP contribution in [0.2, 0.25) is 0 Å². The summed E-state index contributed by atoms with van der Waals surface area (Å²) in [4.78, 5) is 0. The predicted octanol–water partition coefficient (Wildman–Crippen LogP) is 3.90. The Balaban J connectivity index is 0.00000274. The molecule has 0 amide bonds. The third kappa shape index (κ3) is 4.30. The van der Waals surface area contributed by atoms with Gasteiger partial charge in [-0.05, 0) is 64.3 Å². The van der Waals surface area contributed by atoms with Gasteiger partial charge in [0.2, 0.25) is 11.5 Å². The number of nitrogens with one attached hydrogen (secondary N) is 2. The lowest BCUT2D eigenvalue weighted by Crippen LogP contribution is -2.58. The normalized spacial score (nSPS) is 17.4. The van der Waals surface area contributed by atoms with Gasteiger partial charge in [-0.15, -0.1) is 32.8 Å². The number of hydrogen-bond donors (Lipinski definition) is 3. The standard InChI is InChI=1S/C23H28N8O2.ClH/c1-22(2)10-14(11-23(3,4)29-22)31-20-18(26-30-31)9-17(25-27-20)15-7-6-13(8-19(15)32)16-12-24-28-21(16)33-5;/h6-9,12,14,29,32H,10-11H2,1-5H3,(H,24,28);1H. The molecule has 3 N–H and O–H groups in total. The second-order valence-corrected chi connectivity index (χ2v) is 9.97. The average molecular weight is 485 g/mol. The number of aromatic hydroxyl groups is 1. The van der Waals surface area contributed by atoms with Crippen LogP contribution in [0, 0.1) is 0 Å². The summed E-state index contributed by atoms with van der Waals surface area (Å²) in [5, 5.41) is 38.9. The summed E-state index contributed by atoms with van der Waals surface area (Å²) in [6, 6.07) is 7.32. The molecule has 4 aromatic rings. The number of halogens is 1. The number of fused-ring (bicyclic) bond motifs is 1. The quantitative estimate of drug-likeness (QED) is 0.398. The average Bonchev–Trinajstić information content (AvgIpc) is 3.37. The van der Waals surface area contributed by atoms with E-state index in [0.29, 0.717) is 28.3 Å². The van der Waals surface area contributed by atoms with Crippen molar-refractivity contribution in [3.05, 3.63) is 30.5 Å². The molecule has 11 heteroatoms. The van der Waals surface area contributed by atoms with Crippen LogP contribution in [0.3, 0.4) is 0 Å². The van der Waals surface area contributed by atoms with E-state index in [1.807, 2.05) is 16.8 Å². The Morgan fingerprint density at radius 3 is 2.44 bits per heavy atom. The number of rotatable bonds is 4. The zero-order chi connectivity index (χ0) is 23.4. The maximum absolute atomic E-state index is 10.7. The SMILES string of the molecule is COc1n[nH]cc1-c1ccc(-c2cc3nnn(C4CC(C)(C)NC(C)(C)C4)c3nn2)c(O)c1.Cl. The first-order valence-corrected chi connectivity index (χ1v) is 11.0. The zero-order valence-electron chi connectivity index (χ0n) is 19.8. The highest BCUT2D eigenvalue weighted by Crippen LogP contribution is 2.38. The van der Waals surface area contributed by atoms with E-state index < -0.39 is 0 Å². The van der Waals surface area contributed by atoms with Crippen molar-refractivity contribution in [1.29, 1.82) is 0 Å². The van der Waals surface area contributed by atoms with Gasteiger partial charge in [-0.3, -0.25) is 5.10 Å². The number of nitrogens with zero attached hydrogens (tertiary/aromatic N) is 6. The fraction of sp³-hybridized carbons (Fsp3) is 0.435. The monoisotopic (exact) mass is 484 g/mol. The van der Waals surface area contributed by atoms with Gasteiger partial charge in [0.25, 0.3) is 0 Å². The molecular formula is C23H29ClN8O2. The second-order valence-electron chi connectivity index (χ2n) is 9.97. The van der Waals surface area contributed by atoms with Gasteiger partial charge in [-0.2, -0.15) is 0 Å². The third-order valence-corrected chi connectivity index (χ3v) is 6.12. The van der Waals surface area contributed by atoms with Gasteiger partial charge < -0.3 is 15.2 Å². The zero-order valence-corrected chi connectivity index (χ0v) is 20.6. The Kier molecular flexibility index (Phi) is 5.99. The fourth-order valence-electron chi connectivity index (χ4n) is 5.13. The molecule has 0 aliphatic carbocycles. The molecule has 0 atom stereocenters. The van der Waals surface area contributed by atoms with Crippen LogP contribution in [0.4, 0.5) is 0 Å². The molecule has 1 aliphatic rings. The molecule has 4 heterocycles. The number of aromatic nitrogens is 7. The molecule has 0 radical (unpaired) electrons. The molecular weight excluding hydrogens is 456 g/mol. The van der Waals surface area contributed by atoms with Crippen LogP contribution in [-0.2, 0) is 0 Å². The van der Waals surface area contributed by atoms with E-state index >= 15 is 0 Å². The molecule has 10 nitrogen and oxygen atoms in total. The highest BCUT2D eigenvalue weighted by atomic mass is 35.5. The second kappa shape index (κ2) is 8.52. The van der Waals surface area contributed by atoms with Gasteiger partial charge in [-0.1, -0.05) is 11.3 Å². The van der Waals surface area contributed by atoms with Gasteiger partial charge in [0.1, 0.15) is 11.3 Å². The van der Waals surface area contributed by atoms with E-state index in [0.717, 1.165) is 24.0 Å². The number of aromatic amines is 1. The molecule has 0 spiro atoms. The largest absolute Gasteiger partial charge is 0.507 e. The third-order valence-electron chi connectivity index (χ3n) is 6.12. The first-order valence-electron chi connectivity index (χ1n) is 11.0. The number of hydrogen-bond acceptors (Lipinski definition) is 8. The minimum absolute atomic E-state index is 0. The van der Waals surface area contributed by atoms with Crippen LogP contribution in [-0.4, -0.2) is 58.7 Å². The summed E-state index contributed by atoms with van der Waals surface area (Å²) in [6.07, 6.45) is 3.55. The van der Waals surface area contributed by atoms with Crippen molar-refractivity contribution in [2.45, 2.75) is 57.7 Å². The highest BCUT2D eigenvalue weighted by Gasteiger charge is 2.39. The van der Waals surface area contributed by atoms with E-state index in [2.05, 4.69) is 63.7 Å². The number of phenolic OH excluding ortho intramolecular Hbond substituents is 1. The van der Waals surface area contributed by atoms with Crippen LogP contribution >= 0.6 is 12.4 Å². The van der Waals surface area contributed by atoms with Crippen molar-refractivity contribution >= 4 is 23.6 Å². The summed E-state index contributed by atoms with van der Waals surface area (Å²) in [5.41, 5.74) is 3.88. The van der Waals surface area contributed by atoms with Gasteiger partial charge in [0, 0.05) is 22.8 Å². The lowest BCUT2D eigenvalue weighted by atomic mass is 9.80. The van der Waals surface area contributed by atoms with Gasteiger partial charge in [-0.25, -0.2) is 4.68 Å². The van der Waals surface area contributed by atoms with Crippen molar-refractivity contribution in [2.24, 2.45) is 0 Å². The molecule has 3 aromatic heterocycles. The number of benzene rings is 1. The number of ether oxygens (including phenoxy) is 1. The van der Waals surface area contributed by atoms with Crippen LogP contribution in [0.15, 0.2) is 30.5 Å². The number of methoxy groups -OCH3 is 1. The Hall–Kier alpha value is -3.24. The molecule has 1 aliphatic heterocycles. The molecule has 0 bridgehead atoms. The highest BCUT2D eigenvalue weighted by molar-refractivity contribution is 5.85. The Morgan fingerprint density at radius 1 is 1.03 bits per heavy atom. The summed E-state index contributed by atoms with van der Waals surface area (Å²) in [7, 11) is 1.55. The Labute approximate surface area is 203 Å². The molecule has 1 saturated heterocycles. The van der Waals surface area contributed by atoms with E-state index in [1.54, 1.807) is 25.4 Å². The smallest absolute Gasteiger partial charge is 0.240 e. The summed E-state index contributed by atoms with van der Waals surface area (Å²) in [6.45, 7) is 8.81. The van der Waals surface area contributed by atoms with Crippen LogP contribution in [0.1, 0.15) is 46.6 Å². The fourth-order valence-corrected chi connectivity index (χ4v) is 5.13. The van der Waals surface area contributed by atoms with Crippen molar-refractivity contribution in [2.75, 3.05) is 7.11 Å². The maximum atomic E-state index is 10.7. The van der Waals surface area contributed by atoms with Crippen LogP contribution in [0.5, 0.6) is 11.6 Å². The van der Waals surface area contributed by atoms with E-state index in [-0.39, 0.29) is 35.3 Å². The molecule has 0 unspecified atom stereocenters. The van der Waals surface area contributed by atoms with Crippen LogP contribution < -0.4 is 10.1 Å². The van der Waals surface area contributed by atoms with E-state index in [9.17, 15) is 5.11 Å². The molecule has 5 rings (SSSR count). The first kappa shape index (κ1) is 23.9. The number of piperidine rings is 1. The number of phenols is 1. The van der Waals surface area contributed by atoms with Gasteiger partial charge in [0.15, 0.2) is 0 Å². The lowest BCUT2D eigenvalue weighted by molar-refractivity contribution is 0.127. The lowest BCUT2D eigenvalue weighted by Gasteiger charge is -2.46. The van der Waals surface area contributed by atoms with Crippen molar-refractivity contribution in [1.82, 2.24) is 40.7 Å². The van der Waals surface area contributed by atoms with E-state index in [4.69, 9.17) is 4.74 Å². The summed E-state index contributed by atoms with van der Waals surface area (Å²) in [5.74, 6) is 0.544. The van der Waals surface area contributed by atoms with Crippen molar-refractivity contribution in [3.63, 3.8) is 0 Å². The molecule has 0 saturated carbocycles. The minimum atomic E-state index is -0.0245. The molecule has 34 heavy (non-hydrogen) atoms. The molecule has 1 fully saturated rings. The molecule has 180 valence electrons. The van der Waals surface area contributed by atoms with Crippen molar-refractivity contribution in [3.8, 4) is 34.0 Å². The number of H-pyrrole nitrogens is 1. The maximum Gasteiger partial charge on any atom is 0.240 e. The topological polar surface area (TPSA) is 127 Å². The summed E-state index contributed by atoms with van der Waals surface area (Å²) < 4.78 is 7.15. The summed E-state index contributed by atoms with van der Waals surface area (Å²) >= 11 is 0. The van der Waals surface area contributed by atoms with Gasteiger partial charge >= 0.3 is 0 Å². The predicted molar refractivity (Wildman–Crippen MR) is 131 cm³/mol. The first-order chi connectivity index (χ1) is 15.7. The van der Waals surface area contributed by atoms with Crippen LogP contribution in [0.25, 0.3) is 33.5 Å². The Bertz CT molecular complexity index is 1310. The Morgan fingerprint density at radius 2 is 1.76 bits per heavy atom. The molecule has 1 aromatic carbocycles.